The van der Waals surface area contributed by atoms with Crippen LogP contribution in [0.5, 0.6) is 0 Å². The minimum Gasteiger partial charge on any atom is -0.289 e. The maximum Gasteiger partial charge on any atom is 0.194 e. The first-order valence-electron chi connectivity index (χ1n) is 5.78. The molecule has 0 aliphatic carbocycles. The summed E-state index contributed by atoms with van der Waals surface area (Å²) in [5, 5.41) is 2.22. The summed E-state index contributed by atoms with van der Waals surface area (Å²) in [6, 6.07) is 17.3. The number of hydrogen-bond acceptors (Lipinski definition) is 2. The van der Waals surface area contributed by atoms with Gasteiger partial charge in [0.15, 0.2) is 5.78 Å². The fourth-order valence-corrected chi connectivity index (χ4v) is 1.99. The van der Waals surface area contributed by atoms with Gasteiger partial charge < -0.3 is 0 Å². The van der Waals surface area contributed by atoms with Crippen molar-refractivity contribution in [2.75, 3.05) is 0 Å². The number of aromatic nitrogens is 1. The van der Waals surface area contributed by atoms with Crippen molar-refractivity contribution in [1.82, 2.24) is 4.98 Å². The van der Waals surface area contributed by atoms with Gasteiger partial charge in [0.25, 0.3) is 0 Å². The summed E-state index contributed by atoms with van der Waals surface area (Å²) in [6.07, 6.45) is 3.26. The zero-order valence-corrected chi connectivity index (χ0v) is 9.71. The van der Waals surface area contributed by atoms with E-state index >= 15 is 0 Å². The Labute approximate surface area is 105 Å². The molecule has 0 saturated heterocycles. The van der Waals surface area contributed by atoms with Crippen molar-refractivity contribution in [2.24, 2.45) is 0 Å². The van der Waals surface area contributed by atoms with Crippen LogP contribution in [0.3, 0.4) is 0 Å². The van der Waals surface area contributed by atoms with Gasteiger partial charge >= 0.3 is 0 Å². The fraction of sp³-hybridized carbons (Fsp3) is 0. The molecule has 18 heavy (non-hydrogen) atoms. The second-order valence-corrected chi connectivity index (χ2v) is 4.13. The highest BCUT2D eigenvalue weighted by molar-refractivity contribution is 6.10. The first-order chi connectivity index (χ1) is 8.84. The van der Waals surface area contributed by atoms with Crippen LogP contribution >= 0.6 is 0 Å². The zero-order chi connectivity index (χ0) is 12.4. The maximum atomic E-state index is 12.2. The average Bonchev–Trinajstić information content (AvgIpc) is 2.47. The molecule has 2 aromatic carbocycles. The summed E-state index contributed by atoms with van der Waals surface area (Å²) in [6.45, 7) is 0. The van der Waals surface area contributed by atoms with Gasteiger partial charge in [-0.1, -0.05) is 36.4 Å². The molecule has 0 fully saturated rings. The van der Waals surface area contributed by atoms with Gasteiger partial charge in [0.05, 0.1) is 0 Å². The fourth-order valence-electron chi connectivity index (χ4n) is 1.99. The lowest BCUT2D eigenvalue weighted by molar-refractivity contribution is 0.103. The summed E-state index contributed by atoms with van der Waals surface area (Å²) in [7, 11) is 0. The summed E-state index contributed by atoms with van der Waals surface area (Å²) < 4.78 is 0. The number of carbonyl (C=O) groups is 1. The second kappa shape index (κ2) is 4.41. The molecule has 0 aliphatic heterocycles. The molecule has 0 N–H and O–H groups in total. The Morgan fingerprint density at radius 1 is 0.833 bits per heavy atom. The van der Waals surface area contributed by atoms with E-state index in [1.54, 1.807) is 24.5 Å². The number of rotatable bonds is 2. The van der Waals surface area contributed by atoms with Crippen LogP contribution in [0.25, 0.3) is 10.8 Å². The van der Waals surface area contributed by atoms with Gasteiger partial charge in [-0.15, -0.1) is 0 Å². The third kappa shape index (κ3) is 1.89. The average molecular weight is 233 g/mol. The van der Waals surface area contributed by atoms with E-state index in [2.05, 4.69) is 4.98 Å². The molecule has 0 radical (unpaired) electrons. The molecule has 2 heteroatoms. The summed E-state index contributed by atoms with van der Waals surface area (Å²) in [5.41, 5.74) is 1.31. The highest BCUT2D eigenvalue weighted by Crippen LogP contribution is 2.17. The molecule has 1 heterocycles. The Hall–Kier alpha value is -2.48. The number of pyridine rings is 1. The van der Waals surface area contributed by atoms with Crippen molar-refractivity contribution in [3.05, 3.63) is 78.1 Å². The van der Waals surface area contributed by atoms with E-state index in [1.165, 1.54) is 0 Å². The largest absolute Gasteiger partial charge is 0.289 e. The van der Waals surface area contributed by atoms with Gasteiger partial charge in [-0.05, 0) is 29.0 Å². The van der Waals surface area contributed by atoms with Crippen molar-refractivity contribution in [3.63, 3.8) is 0 Å². The molecule has 0 unspecified atom stereocenters. The molecular formula is C16H11NO. The van der Waals surface area contributed by atoms with E-state index in [0.29, 0.717) is 11.1 Å². The lowest BCUT2D eigenvalue weighted by atomic mass is 10.0. The zero-order valence-electron chi connectivity index (χ0n) is 9.71. The topological polar surface area (TPSA) is 30.0 Å². The molecule has 0 atom stereocenters. The van der Waals surface area contributed by atoms with Gasteiger partial charge in [0.2, 0.25) is 0 Å². The highest BCUT2D eigenvalue weighted by Gasteiger charge is 2.08. The van der Waals surface area contributed by atoms with Crippen LogP contribution in [0.15, 0.2) is 67.0 Å². The molecule has 3 rings (SSSR count). The summed E-state index contributed by atoms with van der Waals surface area (Å²) in [4.78, 5) is 16.2. The third-order valence-corrected chi connectivity index (χ3v) is 2.94. The Bertz CT molecular complexity index is 704. The first kappa shape index (κ1) is 10.7. The van der Waals surface area contributed by atoms with Gasteiger partial charge in [0.1, 0.15) is 0 Å². The van der Waals surface area contributed by atoms with Crippen molar-refractivity contribution < 1.29 is 4.79 Å². The SMILES string of the molecule is O=C(c1cccnc1)c1ccc2ccccc2c1. The molecule has 2 nitrogen and oxygen atoms in total. The number of benzene rings is 2. The minimum absolute atomic E-state index is 0.00820. The van der Waals surface area contributed by atoms with E-state index < -0.39 is 0 Å². The van der Waals surface area contributed by atoms with Crippen LogP contribution in [0.2, 0.25) is 0 Å². The molecule has 86 valence electrons. The van der Waals surface area contributed by atoms with E-state index in [9.17, 15) is 4.79 Å². The Morgan fingerprint density at radius 2 is 1.67 bits per heavy atom. The molecule has 0 bridgehead atoms. The van der Waals surface area contributed by atoms with Crippen LogP contribution in [-0.2, 0) is 0 Å². The molecule has 3 aromatic rings. The summed E-state index contributed by atoms with van der Waals surface area (Å²) in [5.74, 6) is 0.00820. The number of nitrogens with zero attached hydrogens (tertiary/aromatic N) is 1. The molecule has 0 saturated carbocycles. The van der Waals surface area contributed by atoms with Crippen molar-refractivity contribution in [3.8, 4) is 0 Å². The Morgan fingerprint density at radius 3 is 2.44 bits per heavy atom. The van der Waals surface area contributed by atoms with Gasteiger partial charge in [-0.2, -0.15) is 0 Å². The normalized spacial score (nSPS) is 10.4. The number of carbonyl (C=O) groups excluding carboxylic acids is 1. The summed E-state index contributed by atoms with van der Waals surface area (Å²) >= 11 is 0. The maximum absolute atomic E-state index is 12.2. The molecular weight excluding hydrogens is 222 g/mol. The monoisotopic (exact) mass is 233 g/mol. The molecule has 0 amide bonds. The number of fused-ring (bicyclic) bond motifs is 1. The quantitative estimate of drug-likeness (QED) is 0.634. The van der Waals surface area contributed by atoms with Gasteiger partial charge in [-0.3, -0.25) is 9.78 Å². The van der Waals surface area contributed by atoms with Crippen molar-refractivity contribution in [2.45, 2.75) is 0 Å². The lowest BCUT2D eigenvalue weighted by Crippen LogP contribution is -2.01. The van der Waals surface area contributed by atoms with Crippen molar-refractivity contribution in [1.29, 1.82) is 0 Å². The molecule has 0 aliphatic rings. The van der Waals surface area contributed by atoms with E-state index in [4.69, 9.17) is 0 Å². The lowest BCUT2D eigenvalue weighted by Gasteiger charge is -2.03. The van der Waals surface area contributed by atoms with Crippen LogP contribution in [0, 0.1) is 0 Å². The Balaban J connectivity index is 2.07. The minimum atomic E-state index is 0.00820. The van der Waals surface area contributed by atoms with Crippen LogP contribution in [0.4, 0.5) is 0 Å². The first-order valence-corrected chi connectivity index (χ1v) is 5.78. The smallest absolute Gasteiger partial charge is 0.194 e. The predicted octanol–water partition coefficient (Wildman–Crippen LogP) is 3.47. The van der Waals surface area contributed by atoms with Gasteiger partial charge in [-0.25, -0.2) is 0 Å². The van der Waals surface area contributed by atoms with Crippen LogP contribution < -0.4 is 0 Å². The van der Waals surface area contributed by atoms with Gasteiger partial charge in [0, 0.05) is 23.5 Å². The third-order valence-electron chi connectivity index (χ3n) is 2.94. The van der Waals surface area contributed by atoms with E-state index in [0.717, 1.165) is 10.8 Å². The standard InChI is InChI=1S/C16H11NO/c18-16(15-6-3-9-17-11-15)14-8-7-12-4-1-2-5-13(12)10-14/h1-11H. The molecule has 1 aromatic heterocycles. The number of hydrogen-bond donors (Lipinski definition) is 0. The number of ketones is 1. The van der Waals surface area contributed by atoms with E-state index in [-0.39, 0.29) is 5.78 Å². The Kier molecular flexibility index (Phi) is 2.61. The van der Waals surface area contributed by atoms with Crippen LogP contribution in [0.1, 0.15) is 15.9 Å². The second-order valence-electron chi connectivity index (χ2n) is 4.13. The molecule has 0 spiro atoms. The predicted molar refractivity (Wildman–Crippen MR) is 71.6 cm³/mol. The van der Waals surface area contributed by atoms with Crippen LogP contribution in [-0.4, -0.2) is 10.8 Å². The van der Waals surface area contributed by atoms with E-state index in [1.807, 2.05) is 42.5 Å². The highest BCUT2D eigenvalue weighted by atomic mass is 16.1. The van der Waals surface area contributed by atoms with Crippen molar-refractivity contribution >= 4 is 16.6 Å².